The van der Waals surface area contributed by atoms with Gasteiger partial charge in [0.1, 0.15) is 24.0 Å². The van der Waals surface area contributed by atoms with Crippen molar-refractivity contribution >= 4 is 6.79 Å². The van der Waals surface area contributed by atoms with Gasteiger partial charge in [0.05, 0.1) is 0 Å². The number of phenols is 3. The van der Waals surface area contributed by atoms with Crippen LogP contribution in [0.15, 0.2) is 84.9 Å². The molecule has 0 aliphatic carbocycles. The highest BCUT2D eigenvalue weighted by Gasteiger charge is 1.98. The van der Waals surface area contributed by atoms with E-state index in [1.807, 2.05) is 37.1 Å². The van der Waals surface area contributed by atoms with E-state index in [0.717, 1.165) is 12.0 Å². The summed E-state index contributed by atoms with van der Waals surface area (Å²) in [6, 6.07) is 25.1. The lowest BCUT2D eigenvalue weighted by Crippen LogP contribution is -1.87. The lowest BCUT2D eigenvalue weighted by atomic mass is 10.0. The Morgan fingerprint density at radius 1 is 0.562 bits per heavy atom. The average Bonchev–Trinajstić information content (AvgIpc) is 2.83. The van der Waals surface area contributed by atoms with Crippen LogP contribution in [-0.2, 0) is 11.2 Å². The predicted octanol–water partition coefficient (Wildman–Crippen LogP) is 7.28. The Kier molecular flexibility index (Phi) is 18.8. The summed E-state index contributed by atoms with van der Waals surface area (Å²) in [6.07, 6.45) is 10.3. The Morgan fingerprint density at radius 2 is 0.969 bits per heavy atom. The molecule has 0 aromatic heterocycles. The van der Waals surface area contributed by atoms with E-state index in [4.69, 9.17) is 15.0 Å². The summed E-state index contributed by atoms with van der Waals surface area (Å²) >= 11 is 0. The van der Waals surface area contributed by atoms with E-state index in [2.05, 4.69) is 6.92 Å². The summed E-state index contributed by atoms with van der Waals surface area (Å²) in [5, 5.41) is 26.8. The van der Waals surface area contributed by atoms with Crippen molar-refractivity contribution in [3.05, 3.63) is 90.5 Å². The molecule has 0 aliphatic heterocycles. The van der Waals surface area contributed by atoms with Crippen molar-refractivity contribution in [2.75, 3.05) is 0 Å². The molecule has 174 valence electrons. The van der Waals surface area contributed by atoms with Crippen LogP contribution in [0.3, 0.4) is 0 Å². The van der Waals surface area contributed by atoms with Gasteiger partial charge < -0.3 is 20.1 Å². The molecule has 0 saturated heterocycles. The molecule has 4 nitrogen and oxygen atoms in total. The minimum absolute atomic E-state index is 0.322. The van der Waals surface area contributed by atoms with E-state index in [-0.39, 0.29) is 0 Å². The molecular formula is C28H38O4. The molecule has 0 atom stereocenters. The molecule has 32 heavy (non-hydrogen) atoms. The molecule has 0 aliphatic rings. The third kappa shape index (κ3) is 16.5. The van der Waals surface area contributed by atoms with Crippen LogP contribution in [0.1, 0.15) is 57.4 Å². The van der Waals surface area contributed by atoms with Gasteiger partial charge in [-0.2, -0.15) is 0 Å². The van der Waals surface area contributed by atoms with Crippen LogP contribution >= 0.6 is 0 Å². The Labute approximate surface area is 193 Å². The molecule has 0 bridgehead atoms. The maximum Gasteiger partial charge on any atom is 0.118 e. The van der Waals surface area contributed by atoms with Crippen molar-refractivity contribution in [1.29, 1.82) is 0 Å². The third-order valence-electron chi connectivity index (χ3n) is 4.55. The summed E-state index contributed by atoms with van der Waals surface area (Å²) in [4.78, 5) is 8.00. The van der Waals surface area contributed by atoms with Gasteiger partial charge in [-0.15, -0.1) is 0 Å². The molecule has 3 aromatic carbocycles. The van der Waals surface area contributed by atoms with Gasteiger partial charge in [0.15, 0.2) is 0 Å². The smallest absolute Gasteiger partial charge is 0.118 e. The van der Waals surface area contributed by atoms with Gasteiger partial charge in [0.2, 0.25) is 0 Å². The van der Waals surface area contributed by atoms with Gasteiger partial charge in [0, 0.05) is 0 Å². The van der Waals surface area contributed by atoms with E-state index in [9.17, 15) is 5.11 Å². The predicted molar refractivity (Wildman–Crippen MR) is 133 cm³/mol. The number of hydrogen-bond donors (Lipinski definition) is 3. The number of para-hydroxylation sites is 3. The number of phenolic OH excluding ortho intramolecular Hbond substituents is 3. The summed E-state index contributed by atoms with van der Waals surface area (Å²) in [5.41, 5.74) is 1.09. The zero-order valence-corrected chi connectivity index (χ0v) is 19.2. The Balaban J connectivity index is 0.000000494. The Morgan fingerprint density at radius 3 is 1.38 bits per heavy atom. The highest BCUT2D eigenvalue weighted by atomic mass is 16.3. The van der Waals surface area contributed by atoms with Crippen LogP contribution in [0.5, 0.6) is 17.2 Å². The number of hydrogen-bond acceptors (Lipinski definition) is 4. The highest BCUT2D eigenvalue weighted by molar-refractivity contribution is 5.31. The third-order valence-corrected chi connectivity index (χ3v) is 4.55. The van der Waals surface area contributed by atoms with E-state index < -0.39 is 0 Å². The van der Waals surface area contributed by atoms with Gasteiger partial charge in [0.25, 0.3) is 0 Å². The molecule has 0 heterocycles. The molecule has 0 unspecified atom stereocenters. The zero-order chi connectivity index (χ0) is 23.9. The maximum atomic E-state index is 9.58. The SMILES string of the molecule is C=O.CCCCCCCCCc1ccccc1O.Oc1ccccc1.Oc1ccccc1. The minimum atomic E-state index is 0.322. The summed E-state index contributed by atoms with van der Waals surface area (Å²) < 4.78 is 0. The van der Waals surface area contributed by atoms with Crippen molar-refractivity contribution in [3.8, 4) is 17.2 Å². The number of rotatable bonds is 8. The first-order chi connectivity index (χ1) is 15.6. The number of unbranched alkanes of at least 4 members (excludes halogenated alkanes) is 6. The van der Waals surface area contributed by atoms with E-state index in [1.54, 1.807) is 54.6 Å². The molecular weight excluding hydrogens is 400 g/mol. The highest BCUT2D eigenvalue weighted by Crippen LogP contribution is 2.18. The average molecular weight is 439 g/mol. The van der Waals surface area contributed by atoms with Gasteiger partial charge in [-0.25, -0.2) is 0 Å². The first-order valence-corrected chi connectivity index (χ1v) is 11.2. The van der Waals surface area contributed by atoms with Crippen molar-refractivity contribution in [3.63, 3.8) is 0 Å². The van der Waals surface area contributed by atoms with E-state index in [0.29, 0.717) is 17.2 Å². The van der Waals surface area contributed by atoms with Crippen LogP contribution in [0.4, 0.5) is 0 Å². The van der Waals surface area contributed by atoms with Crippen LogP contribution in [0, 0.1) is 0 Å². The van der Waals surface area contributed by atoms with E-state index in [1.165, 1.54) is 44.9 Å². The summed E-state index contributed by atoms with van der Waals surface area (Å²) in [7, 11) is 0. The second kappa shape index (κ2) is 21.0. The standard InChI is InChI=1S/C15H24O.2C6H6O.CH2O/c1-2-3-4-5-6-7-8-11-14-12-9-10-13-15(14)16;2*7-6-4-2-1-3-5-6;1-2/h9-10,12-13,16H,2-8,11H2,1H3;2*1-5,7H;1H2. The number of aryl methyl sites for hydroxylation is 1. The molecule has 3 rings (SSSR count). The Hall–Kier alpha value is -3.27. The number of carbonyl (C=O) groups excluding carboxylic acids is 1. The topological polar surface area (TPSA) is 77.8 Å². The van der Waals surface area contributed by atoms with Crippen molar-refractivity contribution in [2.24, 2.45) is 0 Å². The maximum absolute atomic E-state index is 9.58. The molecule has 0 fully saturated rings. The molecule has 3 N–H and O–H groups in total. The van der Waals surface area contributed by atoms with Gasteiger partial charge >= 0.3 is 0 Å². The van der Waals surface area contributed by atoms with Crippen LogP contribution < -0.4 is 0 Å². The van der Waals surface area contributed by atoms with Crippen molar-refractivity contribution < 1.29 is 20.1 Å². The number of carbonyl (C=O) groups is 1. The zero-order valence-electron chi connectivity index (χ0n) is 19.2. The summed E-state index contributed by atoms with van der Waals surface area (Å²) in [6.45, 7) is 4.25. The molecule has 4 heteroatoms. The van der Waals surface area contributed by atoms with Crippen LogP contribution in [0.2, 0.25) is 0 Å². The van der Waals surface area contributed by atoms with Gasteiger partial charge in [-0.1, -0.05) is 100 Å². The molecule has 0 radical (unpaired) electrons. The second-order valence-corrected chi connectivity index (χ2v) is 7.17. The number of aromatic hydroxyl groups is 3. The minimum Gasteiger partial charge on any atom is -0.508 e. The van der Waals surface area contributed by atoms with Crippen LogP contribution in [-0.4, -0.2) is 22.1 Å². The fourth-order valence-electron chi connectivity index (χ4n) is 2.85. The lowest BCUT2D eigenvalue weighted by molar-refractivity contribution is -0.0980. The fraction of sp³-hybridized carbons (Fsp3) is 0.321. The lowest BCUT2D eigenvalue weighted by Gasteiger charge is -2.04. The Bertz CT molecular complexity index is 738. The van der Waals surface area contributed by atoms with Gasteiger partial charge in [-0.05, 0) is 48.7 Å². The fourth-order valence-corrected chi connectivity index (χ4v) is 2.85. The second-order valence-electron chi connectivity index (χ2n) is 7.17. The van der Waals surface area contributed by atoms with Crippen LogP contribution in [0.25, 0.3) is 0 Å². The van der Waals surface area contributed by atoms with E-state index >= 15 is 0 Å². The van der Waals surface area contributed by atoms with Crippen molar-refractivity contribution in [1.82, 2.24) is 0 Å². The van der Waals surface area contributed by atoms with Crippen molar-refractivity contribution in [2.45, 2.75) is 58.3 Å². The first kappa shape index (κ1) is 28.7. The normalized spacial score (nSPS) is 9.16. The quantitative estimate of drug-likeness (QED) is 0.323. The largest absolute Gasteiger partial charge is 0.508 e. The monoisotopic (exact) mass is 438 g/mol. The summed E-state index contributed by atoms with van der Waals surface area (Å²) in [5.74, 6) is 1.10. The molecule has 0 spiro atoms. The van der Waals surface area contributed by atoms with Gasteiger partial charge in [-0.3, -0.25) is 0 Å². The first-order valence-electron chi connectivity index (χ1n) is 11.2. The molecule has 3 aromatic rings. The molecule has 0 amide bonds. The number of benzene rings is 3. The molecule has 0 saturated carbocycles.